The molecule has 1 aliphatic carbocycles. The van der Waals surface area contributed by atoms with Gasteiger partial charge in [0.05, 0.1) is 17.1 Å². The van der Waals surface area contributed by atoms with Crippen molar-refractivity contribution in [3.8, 4) is 16.9 Å². The molecule has 37 heavy (non-hydrogen) atoms. The van der Waals surface area contributed by atoms with Gasteiger partial charge < -0.3 is 0 Å². The van der Waals surface area contributed by atoms with E-state index in [1.165, 1.54) is 16.7 Å². The molecule has 2 aromatic carbocycles. The number of ketones is 1. The fourth-order valence-corrected chi connectivity index (χ4v) is 5.66. The third-order valence-corrected chi connectivity index (χ3v) is 7.39. The minimum atomic E-state index is -0.290. The lowest BCUT2D eigenvalue weighted by Gasteiger charge is -2.30. The van der Waals surface area contributed by atoms with Gasteiger partial charge in [0.1, 0.15) is 0 Å². The average Bonchev–Trinajstić information content (AvgIpc) is 3.20. The van der Waals surface area contributed by atoms with Gasteiger partial charge in [-0.1, -0.05) is 89.6 Å². The van der Waals surface area contributed by atoms with Crippen molar-refractivity contribution in [2.75, 3.05) is 0 Å². The summed E-state index contributed by atoms with van der Waals surface area (Å²) in [5, 5.41) is 11.6. The zero-order chi connectivity index (χ0) is 27.1. The first kappa shape index (κ1) is 26.7. The van der Waals surface area contributed by atoms with Gasteiger partial charge in [0.15, 0.2) is 5.78 Å². The van der Waals surface area contributed by atoms with Crippen LogP contribution in [0, 0.1) is 31.6 Å². The monoisotopic (exact) mass is 511 g/mol. The fraction of sp³-hybridized carbons (Fsp3) is 0.344. The summed E-state index contributed by atoms with van der Waals surface area (Å²) in [6.07, 6.45) is 3.80. The van der Waals surface area contributed by atoms with Crippen LogP contribution in [-0.4, -0.2) is 16.1 Å². The Hall–Kier alpha value is -3.31. The van der Waals surface area contributed by atoms with Gasteiger partial charge in [-0.15, -0.1) is 21.5 Å². The molecule has 0 saturated heterocycles. The number of aromatic nitrogens is 1. The Morgan fingerprint density at radius 2 is 1.32 bits per heavy atom. The van der Waals surface area contributed by atoms with Crippen LogP contribution in [0.2, 0.25) is 0 Å². The van der Waals surface area contributed by atoms with E-state index in [9.17, 15) is 4.79 Å². The van der Waals surface area contributed by atoms with E-state index >= 15 is 0 Å². The number of rotatable bonds is 3. The van der Waals surface area contributed by atoms with Crippen molar-refractivity contribution in [1.29, 1.82) is 0 Å². The van der Waals surface area contributed by atoms with E-state index in [1.807, 2.05) is 18.2 Å². The number of nitrogens with zero attached hydrogens (tertiary/aromatic N) is 3. The Morgan fingerprint density at radius 3 is 1.84 bits per heavy atom. The first-order valence-corrected chi connectivity index (χ1v) is 13.6. The van der Waals surface area contributed by atoms with Crippen LogP contribution in [0.1, 0.15) is 58.2 Å². The number of benzene rings is 2. The average molecular weight is 512 g/mol. The molecular formula is C32H37N3OS. The molecule has 1 heterocycles. The zero-order valence-corrected chi connectivity index (χ0v) is 24.2. The van der Waals surface area contributed by atoms with E-state index in [1.54, 1.807) is 11.3 Å². The third-order valence-electron chi connectivity index (χ3n) is 6.58. The molecule has 0 radical (unpaired) electrons. The standard InChI is InChI=1S/C32H37N3OS/c1-20-15-21(2)28(22(3)16-20)35-27(23-13-11-10-12-14-23)19-37-30(35)34-33-24-17-25(31(4,5)6)29(36)26(18-24)32(7,8)9/h10-19H,1-9H3/b34-30-. The molecule has 0 atom stereocenters. The predicted octanol–water partition coefficient (Wildman–Crippen LogP) is 7.92. The summed E-state index contributed by atoms with van der Waals surface area (Å²) in [5.41, 5.74) is 8.60. The van der Waals surface area contributed by atoms with Crippen molar-refractivity contribution in [2.45, 2.75) is 62.3 Å². The quantitative estimate of drug-likeness (QED) is 0.260. The van der Waals surface area contributed by atoms with Gasteiger partial charge in [0, 0.05) is 16.5 Å². The van der Waals surface area contributed by atoms with Crippen molar-refractivity contribution < 1.29 is 4.79 Å². The molecule has 1 aliphatic rings. The number of carbonyl (C=O) groups excluding carboxylic acids is 1. The summed E-state index contributed by atoms with van der Waals surface area (Å²) >= 11 is 1.57. The van der Waals surface area contributed by atoms with Gasteiger partial charge in [0.25, 0.3) is 0 Å². The maximum Gasteiger partial charge on any atom is 0.215 e. The van der Waals surface area contributed by atoms with Crippen LogP contribution in [0.25, 0.3) is 16.9 Å². The molecular weight excluding hydrogens is 474 g/mol. The summed E-state index contributed by atoms with van der Waals surface area (Å²) in [6.45, 7) is 18.8. The highest BCUT2D eigenvalue weighted by atomic mass is 32.1. The Kier molecular flexibility index (Phi) is 7.13. The fourth-order valence-electron chi connectivity index (χ4n) is 4.82. The lowest BCUT2D eigenvalue weighted by molar-refractivity contribution is -0.114. The largest absolute Gasteiger partial charge is 0.289 e. The van der Waals surface area contributed by atoms with Crippen molar-refractivity contribution in [1.82, 2.24) is 4.57 Å². The highest BCUT2D eigenvalue weighted by Gasteiger charge is 2.34. The van der Waals surface area contributed by atoms with Crippen LogP contribution < -0.4 is 4.80 Å². The summed E-state index contributed by atoms with van der Waals surface area (Å²) in [6, 6.07) is 14.8. The molecule has 1 aromatic heterocycles. The molecule has 0 aliphatic heterocycles. The number of Topliss-reactive ketones (excluding diaryl/α,β-unsaturated/α-hetero) is 1. The Morgan fingerprint density at radius 1 is 0.784 bits per heavy atom. The Balaban J connectivity index is 1.97. The van der Waals surface area contributed by atoms with Gasteiger partial charge in [0.2, 0.25) is 4.80 Å². The molecule has 0 spiro atoms. The molecule has 3 aromatic rings. The highest BCUT2D eigenvalue weighted by Crippen LogP contribution is 2.37. The zero-order valence-electron chi connectivity index (χ0n) is 23.4. The predicted molar refractivity (Wildman–Crippen MR) is 156 cm³/mol. The topological polar surface area (TPSA) is 46.7 Å². The summed E-state index contributed by atoms with van der Waals surface area (Å²) in [5.74, 6) is 0.0995. The Labute approximate surface area is 224 Å². The minimum Gasteiger partial charge on any atom is -0.289 e. The molecule has 0 fully saturated rings. The van der Waals surface area contributed by atoms with Crippen LogP contribution in [0.4, 0.5) is 0 Å². The van der Waals surface area contributed by atoms with Gasteiger partial charge in [-0.3, -0.25) is 9.36 Å². The van der Waals surface area contributed by atoms with Crippen LogP contribution in [0.3, 0.4) is 0 Å². The van der Waals surface area contributed by atoms with E-state index in [4.69, 9.17) is 10.2 Å². The summed E-state index contributed by atoms with van der Waals surface area (Å²) in [4.78, 5) is 14.1. The minimum absolute atomic E-state index is 0.0995. The normalized spacial score (nSPS) is 15.1. The number of allylic oxidation sites excluding steroid dienone is 4. The second-order valence-electron chi connectivity index (χ2n) is 11.9. The van der Waals surface area contributed by atoms with Gasteiger partial charge >= 0.3 is 0 Å². The SMILES string of the molecule is Cc1cc(C)c(-n2c(-c3ccccc3)cs/c2=N\N=C2C=C(C(C)(C)C)C(=O)C(C(C)(C)C)=C2)c(C)c1. The molecule has 0 N–H and O–H groups in total. The van der Waals surface area contributed by atoms with Crippen LogP contribution in [0.15, 0.2) is 81.3 Å². The van der Waals surface area contributed by atoms with Gasteiger partial charge in [-0.05, 0) is 60.4 Å². The lowest BCUT2D eigenvalue weighted by atomic mass is 9.72. The van der Waals surface area contributed by atoms with E-state index in [2.05, 4.69) is 109 Å². The van der Waals surface area contributed by atoms with E-state index < -0.39 is 0 Å². The molecule has 0 saturated carbocycles. The molecule has 0 bridgehead atoms. The maximum atomic E-state index is 13.3. The highest BCUT2D eigenvalue weighted by molar-refractivity contribution is 7.07. The lowest BCUT2D eigenvalue weighted by Crippen LogP contribution is -2.29. The van der Waals surface area contributed by atoms with Crippen LogP contribution in [0.5, 0.6) is 0 Å². The van der Waals surface area contributed by atoms with Crippen molar-refractivity contribution in [3.05, 3.63) is 92.6 Å². The summed E-state index contributed by atoms with van der Waals surface area (Å²) < 4.78 is 2.21. The number of hydrogen-bond acceptors (Lipinski definition) is 4. The molecule has 5 heteroatoms. The first-order valence-electron chi connectivity index (χ1n) is 12.7. The molecule has 4 rings (SSSR count). The van der Waals surface area contributed by atoms with Crippen molar-refractivity contribution >= 4 is 22.8 Å². The van der Waals surface area contributed by atoms with Gasteiger partial charge in [-0.2, -0.15) is 0 Å². The number of hydrogen-bond donors (Lipinski definition) is 0. The van der Waals surface area contributed by atoms with Crippen molar-refractivity contribution in [2.24, 2.45) is 21.0 Å². The first-order chi connectivity index (χ1) is 17.3. The van der Waals surface area contributed by atoms with Crippen LogP contribution in [-0.2, 0) is 4.79 Å². The molecule has 0 amide bonds. The Bertz CT molecular complexity index is 1460. The number of carbonyl (C=O) groups is 1. The second kappa shape index (κ2) is 9.86. The summed E-state index contributed by atoms with van der Waals surface area (Å²) in [7, 11) is 0. The van der Waals surface area contributed by atoms with Crippen molar-refractivity contribution in [3.63, 3.8) is 0 Å². The second-order valence-corrected chi connectivity index (χ2v) is 12.8. The number of thiazole rings is 1. The maximum absolute atomic E-state index is 13.3. The van der Waals surface area contributed by atoms with Crippen LogP contribution >= 0.6 is 11.3 Å². The molecule has 4 nitrogen and oxygen atoms in total. The van der Waals surface area contributed by atoms with E-state index in [0.29, 0.717) is 5.71 Å². The third kappa shape index (κ3) is 5.52. The molecule has 0 unspecified atom stereocenters. The van der Waals surface area contributed by atoms with Gasteiger partial charge in [-0.25, -0.2) is 0 Å². The smallest absolute Gasteiger partial charge is 0.215 e. The van der Waals surface area contributed by atoms with E-state index in [0.717, 1.165) is 32.9 Å². The number of aryl methyl sites for hydroxylation is 3. The molecule has 192 valence electrons. The van der Waals surface area contributed by atoms with E-state index in [-0.39, 0.29) is 16.6 Å².